The van der Waals surface area contributed by atoms with Crippen LogP contribution >= 0.6 is 0 Å². The summed E-state index contributed by atoms with van der Waals surface area (Å²) in [5.41, 5.74) is 2.22. The third-order valence-electron chi connectivity index (χ3n) is 3.81. The smallest absolute Gasteiger partial charge is 0.116 e. The van der Waals surface area contributed by atoms with E-state index < -0.39 is 0 Å². The first-order valence-electron chi connectivity index (χ1n) is 7.29. The highest BCUT2D eigenvalue weighted by Crippen LogP contribution is 2.32. The van der Waals surface area contributed by atoms with Gasteiger partial charge in [0.15, 0.2) is 0 Å². The Bertz CT molecular complexity index is 473. The SMILES string of the molecule is C/C=C(\C(O)=C/C)C(c1ccccc1)N1CCNCC1. The third-order valence-corrected chi connectivity index (χ3v) is 3.81. The van der Waals surface area contributed by atoms with Gasteiger partial charge in [-0.2, -0.15) is 0 Å². The zero-order valence-electron chi connectivity index (χ0n) is 12.3. The highest BCUT2D eigenvalue weighted by molar-refractivity contribution is 5.37. The molecule has 0 aliphatic carbocycles. The van der Waals surface area contributed by atoms with E-state index in [0.717, 1.165) is 31.8 Å². The van der Waals surface area contributed by atoms with Crippen LogP contribution in [-0.2, 0) is 0 Å². The molecule has 1 aromatic carbocycles. The Morgan fingerprint density at radius 1 is 1.15 bits per heavy atom. The topological polar surface area (TPSA) is 35.5 Å². The van der Waals surface area contributed by atoms with E-state index in [4.69, 9.17) is 0 Å². The van der Waals surface area contributed by atoms with Crippen LogP contribution in [0.1, 0.15) is 25.5 Å². The summed E-state index contributed by atoms with van der Waals surface area (Å²) >= 11 is 0. The highest BCUT2D eigenvalue weighted by atomic mass is 16.3. The fraction of sp³-hybridized carbons (Fsp3) is 0.412. The zero-order valence-corrected chi connectivity index (χ0v) is 12.3. The van der Waals surface area contributed by atoms with E-state index in [0.29, 0.717) is 5.76 Å². The summed E-state index contributed by atoms with van der Waals surface area (Å²) in [6.45, 7) is 7.85. The molecule has 1 unspecified atom stereocenters. The molecule has 108 valence electrons. The van der Waals surface area contributed by atoms with E-state index in [2.05, 4.69) is 34.5 Å². The van der Waals surface area contributed by atoms with Crippen LogP contribution in [0, 0.1) is 0 Å². The first-order chi connectivity index (χ1) is 9.77. The van der Waals surface area contributed by atoms with Gasteiger partial charge in [0.1, 0.15) is 5.76 Å². The number of benzene rings is 1. The van der Waals surface area contributed by atoms with E-state index in [-0.39, 0.29) is 6.04 Å². The predicted octanol–water partition coefficient (Wildman–Crippen LogP) is 3.04. The Labute approximate surface area is 121 Å². The second-order valence-electron chi connectivity index (χ2n) is 5.02. The lowest BCUT2D eigenvalue weighted by Crippen LogP contribution is -2.45. The van der Waals surface area contributed by atoms with Crippen LogP contribution in [0.5, 0.6) is 0 Å². The number of hydrogen-bond acceptors (Lipinski definition) is 3. The average molecular weight is 272 g/mol. The van der Waals surface area contributed by atoms with Gasteiger partial charge in [0.25, 0.3) is 0 Å². The van der Waals surface area contributed by atoms with Crippen LogP contribution in [0.2, 0.25) is 0 Å². The number of aliphatic hydroxyl groups is 1. The molecule has 0 saturated carbocycles. The van der Waals surface area contributed by atoms with Crippen LogP contribution < -0.4 is 5.32 Å². The number of rotatable bonds is 4. The largest absolute Gasteiger partial charge is 0.508 e. The number of aliphatic hydroxyl groups excluding tert-OH is 1. The van der Waals surface area contributed by atoms with Crippen molar-refractivity contribution in [2.75, 3.05) is 26.2 Å². The molecule has 1 heterocycles. The van der Waals surface area contributed by atoms with Crippen LogP contribution in [0.15, 0.2) is 53.8 Å². The summed E-state index contributed by atoms with van der Waals surface area (Å²) in [4.78, 5) is 2.43. The number of allylic oxidation sites excluding steroid dienone is 2. The molecular formula is C17H24N2O. The Morgan fingerprint density at radius 2 is 1.80 bits per heavy atom. The van der Waals surface area contributed by atoms with Gasteiger partial charge < -0.3 is 10.4 Å². The minimum atomic E-state index is 0.125. The lowest BCUT2D eigenvalue weighted by Gasteiger charge is -2.36. The molecule has 0 bridgehead atoms. The molecule has 1 aliphatic rings. The van der Waals surface area contributed by atoms with Crippen molar-refractivity contribution in [3.63, 3.8) is 0 Å². The molecule has 1 aliphatic heterocycles. The van der Waals surface area contributed by atoms with Gasteiger partial charge in [-0.3, -0.25) is 4.90 Å². The van der Waals surface area contributed by atoms with Gasteiger partial charge in [-0.1, -0.05) is 36.4 Å². The molecular weight excluding hydrogens is 248 g/mol. The first kappa shape index (κ1) is 14.8. The molecule has 2 N–H and O–H groups in total. The summed E-state index contributed by atoms with van der Waals surface area (Å²) < 4.78 is 0. The number of nitrogens with zero attached hydrogens (tertiary/aromatic N) is 1. The van der Waals surface area contributed by atoms with Crippen LogP contribution in [-0.4, -0.2) is 36.2 Å². The lowest BCUT2D eigenvalue weighted by atomic mass is 9.94. The van der Waals surface area contributed by atoms with Gasteiger partial charge in [0.05, 0.1) is 6.04 Å². The van der Waals surface area contributed by atoms with Crippen molar-refractivity contribution in [2.24, 2.45) is 0 Å². The quantitative estimate of drug-likeness (QED) is 0.653. The van der Waals surface area contributed by atoms with Gasteiger partial charge in [0, 0.05) is 31.8 Å². The Balaban J connectivity index is 2.38. The Kier molecular flexibility index (Phi) is 5.39. The zero-order chi connectivity index (χ0) is 14.4. The van der Waals surface area contributed by atoms with E-state index in [1.54, 1.807) is 6.08 Å². The molecule has 20 heavy (non-hydrogen) atoms. The number of hydrogen-bond donors (Lipinski definition) is 2. The molecule has 1 aromatic rings. The average Bonchev–Trinajstić information content (AvgIpc) is 2.53. The molecule has 0 radical (unpaired) electrons. The van der Waals surface area contributed by atoms with Crippen molar-refractivity contribution in [3.8, 4) is 0 Å². The van der Waals surface area contributed by atoms with Crippen LogP contribution in [0.3, 0.4) is 0 Å². The van der Waals surface area contributed by atoms with Crippen molar-refractivity contribution in [2.45, 2.75) is 19.9 Å². The van der Waals surface area contributed by atoms with Crippen LogP contribution in [0.4, 0.5) is 0 Å². The maximum atomic E-state index is 10.2. The predicted molar refractivity (Wildman–Crippen MR) is 83.8 cm³/mol. The molecule has 2 rings (SSSR count). The van der Waals surface area contributed by atoms with E-state index in [1.165, 1.54) is 5.56 Å². The molecule has 1 fully saturated rings. The van der Waals surface area contributed by atoms with Crippen molar-refractivity contribution in [1.82, 2.24) is 10.2 Å². The summed E-state index contributed by atoms with van der Waals surface area (Å²) in [5.74, 6) is 0.375. The first-order valence-corrected chi connectivity index (χ1v) is 7.29. The van der Waals surface area contributed by atoms with Gasteiger partial charge in [-0.25, -0.2) is 0 Å². The second-order valence-corrected chi connectivity index (χ2v) is 5.02. The van der Waals surface area contributed by atoms with E-state index >= 15 is 0 Å². The molecule has 1 saturated heterocycles. The monoisotopic (exact) mass is 272 g/mol. The summed E-state index contributed by atoms with van der Waals surface area (Å²) in [7, 11) is 0. The highest BCUT2D eigenvalue weighted by Gasteiger charge is 2.26. The molecule has 3 nitrogen and oxygen atoms in total. The second kappa shape index (κ2) is 7.27. The summed E-state index contributed by atoms with van der Waals surface area (Å²) in [6, 6.07) is 10.6. The van der Waals surface area contributed by atoms with Gasteiger partial charge in [0.2, 0.25) is 0 Å². The molecule has 3 heteroatoms. The number of piperazine rings is 1. The van der Waals surface area contributed by atoms with Gasteiger partial charge >= 0.3 is 0 Å². The molecule has 0 amide bonds. The van der Waals surface area contributed by atoms with Crippen molar-refractivity contribution < 1.29 is 5.11 Å². The maximum Gasteiger partial charge on any atom is 0.116 e. The lowest BCUT2D eigenvalue weighted by molar-refractivity contribution is 0.191. The molecule has 0 spiro atoms. The third kappa shape index (κ3) is 3.30. The fourth-order valence-corrected chi connectivity index (χ4v) is 2.78. The molecule has 0 aromatic heterocycles. The Hall–Kier alpha value is -1.58. The van der Waals surface area contributed by atoms with Crippen molar-refractivity contribution in [3.05, 3.63) is 59.4 Å². The van der Waals surface area contributed by atoms with E-state index in [9.17, 15) is 5.11 Å². The van der Waals surface area contributed by atoms with Gasteiger partial charge in [-0.05, 0) is 25.5 Å². The molecule has 1 atom stereocenters. The van der Waals surface area contributed by atoms with Crippen molar-refractivity contribution in [1.29, 1.82) is 0 Å². The fourth-order valence-electron chi connectivity index (χ4n) is 2.78. The normalized spacial score (nSPS) is 19.9. The number of nitrogens with one attached hydrogen (secondary N) is 1. The summed E-state index contributed by atoms with van der Waals surface area (Å²) in [5, 5.41) is 13.6. The standard InChI is InChI=1S/C17H24N2O/c1-3-15(16(20)4-2)17(14-8-6-5-7-9-14)19-12-10-18-11-13-19/h3-9,17-18,20H,10-13H2,1-2H3/b15-3+,16-4+. The van der Waals surface area contributed by atoms with Crippen molar-refractivity contribution >= 4 is 0 Å². The van der Waals surface area contributed by atoms with Crippen LogP contribution in [0.25, 0.3) is 0 Å². The summed E-state index contributed by atoms with van der Waals surface area (Å²) in [6.07, 6.45) is 3.79. The minimum Gasteiger partial charge on any atom is -0.508 e. The minimum absolute atomic E-state index is 0.125. The van der Waals surface area contributed by atoms with Gasteiger partial charge in [-0.15, -0.1) is 0 Å². The maximum absolute atomic E-state index is 10.2. The van der Waals surface area contributed by atoms with E-state index in [1.807, 2.05) is 26.0 Å². The Morgan fingerprint density at radius 3 is 2.35 bits per heavy atom.